The number of Topliss-reactive ketones (excluding diaryl/α,β-unsaturated/α-hetero) is 1. The summed E-state index contributed by atoms with van der Waals surface area (Å²) in [4.78, 5) is 13.7. The largest absolute Gasteiger partial charge is 0.454 e. The van der Waals surface area contributed by atoms with E-state index in [9.17, 15) is 18.0 Å². The van der Waals surface area contributed by atoms with Crippen molar-refractivity contribution in [3.63, 3.8) is 0 Å². The minimum Gasteiger partial charge on any atom is -0.360 e. The fourth-order valence-electron chi connectivity index (χ4n) is 1.46. The number of H-pyrrole nitrogens is 1. The smallest absolute Gasteiger partial charge is 0.360 e. The molecule has 0 amide bonds. The number of para-hydroxylation sites is 1. The molecule has 0 saturated carbocycles. The molecule has 0 aliphatic carbocycles. The maximum Gasteiger partial charge on any atom is 0.454 e. The van der Waals surface area contributed by atoms with Crippen molar-refractivity contribution in [2.45, 2.75) is 6.18 Å². The van der Waals surface area contributed by atoms with Crippen LogP contribution in [0.15, 0.2) is 28.9 Å². The highest BCUT2D eigenvalue weighted by Crippen LogP contribution is 2.29. The van der Waals surface area contributed by atoms with E-state index in [1.165, 1.54) is 6.07 Å². The first-order valence-electron chi connectivity index (χ1n) is 4.28. The number of benzene rings is 1. The number of carbonyl (C=O) groups excluding carboxylic acids is 1. The lowest BCUT2D eigenvalue weighted by molar-refractivity contribution is -0.0884. The van der Waals surface area contributed by atoms with Gasteiger partial charge in [-0.05, 0) is 22.0 Å². The fourth-order valence-corrected chi connectivity index (χ4v) is 1.94. The van der Waals surface area contributed by atoms with E-state index in [2.05, 4.69) is 20.9 Å². The maximum absolute atomic E-state index is 12.3. The number of carbonyl (C=O) groups is 1. The second-order valence-corrected chi connectivity index (χ2v) is 4.05. The zero-order valence-corrected chi connectivity index (χ0v) is 9.32. The van der Waals surface area contributed by atoms with Gasteiger partial charge >= 0.3 is 6.18 Å². The Morgan fingerprint density at radius 1 is 1.31 bits per heavy atom. The molecule has 0 atom stereocenters. The number of hydrogen-bond donors (Lipinski definition) is 1. The Hall–Kier alpha value is -1.30. The Labute approximate surface area is 96.6 Å². The summed E-state index contributed by atoms with van der Waals surface area (Å²) in [7, 11) is 0. The monoisotopic (exact) mass is 291 g/mol. The van der Waals surface area contributed by atoms with E-state index in [0.717, 1.165) is 6.20 Å². The van der Waals surface area contributed by atoms with Crippen molar-refractivity contribution in [3.8, 4) is 0 Å². The lowest BCUT2D eigenvalue weighted by Crippen LogP contribution is -2.22. The predicted molar refractivity (Wildman–Crippen MR) is 56.4 cm³/mol. The van der Waals surface area contributed by atoms with E-state index in [4.69, 9.17) is 0 Å². The van der Waals surface area contributed by atoms with E-state index >= 15 is 0 Å². The molecular weight excluding hydrogens is 287 g/mol. The standard InChI is InChI=1S/C10H5BrF3NO/c11-7-3-1-2-5-6(4-15-8(5)7)9(16)10(12,13)14/h1-4,15H. The molecule has 0 aliphatic rings. The van der Waals surface area contributed by atoms with Gasteiger partial charge in [-0.2, -0.15) is 13.2 Å². The minimum atomic E-state index is -4.85. The number of rotatable bonds is 1. The summed E-state index contributed by atoms with van der Waals surface area (Å²) in [5.41, 5.74) is 0.124. The maximum atomic E-state index is 12.3. The Morgan fingerprint density at radius 2 is 2.00 bits per heavy atom. The van der Waals surface area contributed by atoms with Gasteiger partial charge in [0.15, 0.2) is 0 Å². The highest BCUT2D eigenvalue weighted by Gasteiger charge is 2.40. The van der Waals surface area contributed by atoms with Crippen LogP contribution in [0, 0.1) is 0 Å². The van der Waals surface area contributed by atoms with Crippen LogP contribution in [0.3, 0.4) is 0 Å². The molecule has 16 heavy (non-hydrogen) atoms. The number of ketones is 1. The molecule has 2 nitrogen and oxygen atoms in total. The van der Waals surface area contributed by atoms with Crippen LogP contribution in [0.5, 0.6) is 0 Å². The van der Waals surface area contributed by atoms with Crippen molar-refractivity contribution in [3.05, 3.63) is 34.4 Å². The third-order valence-corrected chi connectivity index (χ3v) is 2.83. The summed E-state index contributed by atoms with van der Waals surface area (Å²) in [6.45, 7) is 0. The lowest BCUT2D eigenvalue weighted by atomic mass is 10.1. The Morgan fingerprint density at radius 3 is 2.62 bits per heavy atom. The van der Waals surface area contributed by atoms with Crippen molar-refractivity contribution in [1.82, 2.24) is 4.98 Å². The van der Waals surface area contributed by atoms with Crippen molar-refractivity contribution >= 4 is 32.6 Å². The normalized spacial score (nSPS) is 12.0. The van der Waals surface area contributed by atoms with Gasteiger partial charge in [-0.3, -0.25) is 4.79 Å². The summed E-state index contributed by atoms with van der Waals surface area (Å²) in [5.74, 6) is -1.84. The number of halogens is 4. The zero-order chi connectivity index (χ0) is 11.9. The van der Waals surface area contributed by atoms with Gasteiger partial charge in [0.25, 0.3) is 5.78 Å². The molecule has 0 saturated heterocycles. The lowest BCUT2D eigenvalue weighted by Gasteiger charge is -2.03. The van der Waals surface area contributed by atoms with Crippen LogP contribution in [-0.2, 0) is 0 Å². The van der Waals surface area contributed by atoms with Gasteiger partial charge in [-0.25, -0.2) is 0 Å². The van der Waals surface area contributed by atoms with E-state index in [-0.39, 0.29) is 10.9 Å². The number of aromatic nitrogens is 1. The molecule has 1 aromatic heterocycles. The number of fused-ring (bicyclic) bond motifs is 1. The van der Waals surface area contributed by atoms with Crippen LogP contribution in [0.1, 0.15) is 10.4 Å². The molecule has 0 bridgehead atoms. The van der Waals surface area contributed by atoms with Gasteiger partial charge in [0.1, 0.15) is 0 Å². The van der Waals surface area contributed by atoms with Gasteiger partial charge < -0.3 is 4.98 Å². The van der Waals surface area contributed by atoms with Crippen LogP contribution in [-0.4, -0.2) is 16.9 Å². The second kappa shape index (κ2) is 3.62. The topological polar surface area (TPSA) is 32.9 Å². The first-order valence-corrected chi connectivity index (χ1v) is 5.07. The molecule has 0 fully saturated rings. The molecule has 1 heterocycles. The van der Waals surface area contributed by atoms with Crippen molar-refractivity contribution in [2.75, 3.05) is 0 Å². The molecule has 0 spiro atoms. The molecule has 2 rings (SSSR count). The van der Waals surface area contributed by atoms with Crippen LogP contribution in [0.4, 0.5) is 13.2 Å². The first-order chi connectivity index (χ1) is 7.41. The van der Waals surface area contributed by atoms with E-state index in [1.54, 1.807) is 12.1 Å². The summed E-state index contributed by atoms with van der Waals surface area (Å²) in [6, 6.07) is 4.73. The van der Waals surface area contributed by atoms with Gasteiger partial charge in [0, 0.05) is 16.1 Å². The molecule has 0 radical (unpaired) electrons. The summed E-state index contributed by atoms with van der Waals surface area (Å²) in [5, 5.41) is 0.261. The van der Waals surface area contributed by atoms with Crippen LogP contribution in [0.25, 0.3) is 10.9 Å². The van der Waals surface area contributed by atoms with E-state index in [1.807, 2.05) is 0 Å². The summed E-state index contributed by atoms with van der Waals surface area (Å²) in [6.07, 6.45) is -3.78. The van der Waals surface area contributed by atoms with Crippen molar-refractivity contribution in [1.29, 1.82) is 0 Å². The molecule has 0 unspecified atom stereocenters. The quantitative estimate of drug-likeness (QED) is 0.799. The van der Waals surface area contributed by atoms with E-state index in [0.29, 0.717) is 9.99 Å². The first kappa shape index (κ1) is 11.2. The van der Waals surface area contributed by atoms with E-state index < -0.39 is 12.0 Å². The molecule has 0 aliphatic heterocycles. The third kappa shape index (κ3) is 1.73. The van der Waals surface area contributed by atoms with Gasteiger partial charge in [-0.1, -0.05) is 12.1 Å². The highest BCUT2D eigenvalue weighted by molar-refractivity contribution is 9.10. The molecule has 2 aromatic rings. The Bertz CT molecular complexity index is 559. The summed E-state index contributed by atoms with van der Waals surface area (Å²) < 4.78 is 37.4. The van der Waals surface area contributed by atoms with Crippen LogP contribution >= 0.6 is 15.9 Å². The zero-order valence-electron chi connectivity index (χ0n) is 7.73. The van der Waals surface area contributed by atoms with Crippen LogP contribution < -0.4 is 0 Å². The minimum absolute atomic E-state index is 0.261. The molecule has 6 heteroatoms. The second-order valence-electron chi connectivity index (χ2n) is 3.19. The Kier molecular flexibility index (Phi) is 2.53. The fraction of sp³-hybridized carbons (Fsp3) is 0.100. The molecule has 1 aromatic carbocycles. The number of aromatic amines is 1. The van der Waals surface area contributed by atoms with Gasteiger partial charge in [0.2, 0.25) is 0 Å². The average molecular weight is 292 g/mol. The predicted octanol–water partition coefficient (Wildman–Crippen LogP) is 3.68. The van der Waals surface area contributed by atoms with Gasteiger partial charge in [0.05, 0.1) is 11.1 Å². The number of hydrogen-bond acceptors (Lipinski definition) is 1. The molecular formula is C10H5BrF3NO. The third-order valence-electron chi connectivity index (χ3n) is 2.17. The highest BCUT2D eigenvalue weighted by atomic mass is 79.9. The van der Waals surface area contributed by atoms with Gasteiger partial charge in [-0.15, -0.1) is 0 Å². The SMILES string of the molecule is O=C(c1c[nH]c2c(Br)cccc12)C(F)(F)F. The number of alkyl halides is 3. The summed E-state index contributed by atoms with van der Waals surface area (Å²) >= 11 is 3.19. The van der Waals surface area contributed by atoms with Crippen LogP contribution in [0.2, 0.25) is 0 Å². The molecule has 1 N–H and O–H groups in total. The van der Waals surface area contributed by atoms with Crippen molar-refractivity contribution in [2.24, 2.45) is 0 Å². The average Bonchev–Trinajstić information content (AvgIpc) is 2.60. The number of nitrogens with one attached hydrogen (secondary N) is 1. The van der Waals surface area contributed by atoms with Crippen molar-refractivity contribution < 1.29 is 18.0 Å². The molecule has 84 valence electrons. The Balaban J connectivity index is 2.64.